The zero-order valence-corrected chi connectivity index (χ0v) is 11.1. The minimum absolute atomic E-state index is 0.872. The number of likely N-dealkylation sites (tertiary alicyclic amines) is 1. The molecular weight excluding hydrogens is 224 g/mol. The molecule has 2 aliphatic rings. The predicted molar refractivity (Wildman–Crippen MR) is 72.7 cm³/mol. The van der Waals surface area contributed by atoms with Crippen LogP contribution in [0.15, 0.2) is 24.3 Å². The fourth-order valence-corrected chi connectivity index (χ4v) is 3.29. The summed E-state index contributed by atoms with van der Waals surface area (Å²) >= 11 is 0. The van der Waals surface area contributed by atoms with Gasteiger partial charge in [-0.1, -0.05) is 12.1 Å². The standard InChI is InChI=1S/C15H22N2O/c1-18-15-4-2-12(3-5-15)9-17-10-13-6-7-16-8-14(13)11-17/h2-5,13-14,16H,6-11H2,1H3/t13-,14-/m0/s1. The highest BCUT2D eigenvalue weighted by Crippen LogP contribution is 2.29. The van der Waals surface area contributed by atoms with Crippen molar-refractivity contribution < 1.29 is 4.74 Å². The average molecular weight is 246 g/mol. The second-order valence-electron chi connectivity index (χ2n) is 5.56. The molecule has 2 saturated heterocycles. The Morgan fingerprint density at radius 2 is 2.00 bits per heavy atom. The number of fused-ring (bicyclic) bond motifs is 1. The van der Waals surface area contributed by atoms with Gasteiger partial charge in [0.2, 0.25) is 0 Å². The summed E-state index contributed by atoms with van der Waals surface area (Å²) in [4.78, 5) is 2.60. The van der Waals surface area contributed by atoms with E-state index in [9.17, 15) is 0 Å². The molecule has 2 atom stereocenters. The Balaban J connectivity index is 1.59. The summed E-state index contributed by atoms with van der Waals surface area (Å²) in [5.41, 5.74) is 1.39. The fraction of sp³-hybridized carbons (Fsp3) is 0.600. The Hall–Kier alpha value is -1.06. The molecule has 0 saturated carbocycles. The molecule has 3 heteroatoms. The van der Waals surface area contributed by atoms with Crippen molar-refractivity contribution in [2.45, 2.75) is 13.0 Å². The molecule has 0 spiro atoms. The van der Waals surface area contributed by atoms with Gasteiger partial charge in [-0.05, 0) is 49.0 Å². The molecule has 0 bridgehead atoms. The molecule has 1 N–H and O–H groups in total. The van der Waals surface area contributed by atoms with Gasteiger partial charge >= 0.3 is 0 Å². The number of nitrogens with one attached hydrogen (secondary N) is 1. The zero-order valence-electron chi connectivity index (χ0n) is 11.1. The van der Waals surface area contributed by atoms with Gasteiger partial charge in [-0.15, -0.1) is 0 Å². The van der Waals surface area contributed by atoms with Crippen LogP contribution < -0.4 is 10.1 Å². The topological polar surface area (TPSA) is 24.5 Å². The largest absolute Gasteiger partial charge is 0.497 e. The van der Waals surface area contributed by atoms with E-state index in [1.54, 1.807) is 7.11 Å². The van der Waals surface area contributed by atoms with E-state index in [2.05, 4.69) is 34.5 Å². The van der Waals surface area contributed by atoms with E-state index in [-0.39, 0.29) is 0 Å². The predicted octanol–water partition coefficient (Wildman–Crippen LogP) is 1.74. The first-order valence-electron chi connectivity index (χ1n) is 6.91. The molecule has 0 unspecified atom stereocenters. The number of hydrogen-bond acceptors (Lipinski definition) is 3. The Bertz CT molecular complexity index is 376. The first kappa shape index (κ1) is 12.0. The van der Waals surface area contributed by atoms with Crippen molar-refractivity contribution >= 4 is 0 Å². The highest BCUT2D eigenvalue weighted by Gasteiger charge is 2.33. The van der Waals surface area contributed by atoms with Gasteiger partial charge in [0.1, 0.15) is 5.75 Å². The molecule has 98 valence electrons. The maximum Gasteiger partial charge on any atom is 0.118 e. The normalized spacial score (nSPS) is 28.1. The van der Waals surface area contributed by atoms with Crippen LogP contribution in [-0.4, -0.2) is 38.2 Å². The monoisotopic (exact) mass is 246 g/mol. The van der Waals surface area contributed by atoms with E-state index in [4.69, 9.17) is 4.74 Å². The molecule has 18 heavy (non-hydrogen) atoms. The van der Waals surface area contributed by atoms with E-state index in [0.29, 0.717) is 0 Å². The third kappa shape index (κ3) is 2.52. The zero-order chi connectivity index (χ0) is 12.4. The van der Waals surface area contributed by atoms with Crippen LogP contribution in [0.3, 0.4) is 0 Å². The first-order valence-corrected chi connectivity index (χ1v) is 6.91. The minimum atomic E-state index is 0.872. The number of methoxy groups -OCH3 is 1. The molecule has 3 nitrogen and oxygen atoms in total. The minimum Gasteiger partial charge on any atom is -0.497 e. The van der Waals surface area contributed by atoms with Gasteiger partial charge in [0.25, 0.3) is 0 Å². The van der Waals surface area contributed by atoms with Gasteiger partial charge in [0, 0.05) is 19.6 Å². The average Bonchev–Trinajstić information content (AvgIpc) is 2.82. The quantitative estimate of drug-likeness (QED) is 0.879. The van der Waals surface area contributed by atoms with Crippen LogP contribution in [0.2, 0.25) is 0 Å². The number of benzene rings is 1. The SMILES string of the molecule is COc1ccc(CN2C[C@@H]3CCNC[C@H]3C2)cc1. The van der Waals surface area contributed by atoms with Crippen molar-refractivity contribution in [3.63, 3.8) is 0 Å². The molecule has 0 aliphatic carbocycles. The maximum absolute atomic E-state index is 5.19. The van der Waals surface area contributed by atoms with Crippen LogP contribution >= 0.6 is 0 Å². The van der Waals surface area contributed by atoms with Crippen LogP contribution in [-0.2, 0) is 6.54 Å². The number of piperidine rings is 1. The molecule has 0 amide bonds. The maximum atomic E-state index is 5.19. The third-order valence-corrected chi connectivity index (χ3v) is 4.32. The van der Waals surface area contributed by atoms with E-state index >= 15 is 0 Å². The molecular formula is C15H22N2O. The van der Waals surface area contributed by atoms with Gasteiger partial charge < -0.3 is 10.1 Å². The van der Waals surface area contributed by atoms with Crippen molar-refractivity contribution in [1.29, 1.82) is 0 Å². The lowest BCUT2D eigenvalue weighted by atomic mass is 9.90. The molecule has 0 aromatic heterocycles. The number of hydrogen-bond donors (Lipinski definition) is 1. The van der Waals surface area contributed by atoms with Gasteiger partial charge in [-0.25, -0.2) is 0 Å². The van der Waals surface area contributed by atoms with Gasteiger partial charge in [-0.3, -0.25) is 4.90 Å². The lowest BCUT2D eigenvalue weighted by molar-refractivity contribution is 0.313. The molecule has 3 rings (SSSR count). The summed E-state index contributed by atoms with van der Waals surface area (Å²) < 4.78 is 5.19. The first-order chi connectivity index (χ1) is 8.85. The summed E-state index contributed by atoms with van der Waals surface area (Å²) in [7, 11) is 1.72. The van der Waals surface area contributed by atoms with E-state index in [1.165, 1.54) is 38.2 Å². The second kappa shape index (κ2) is 5.29. The van der Waals surface area contributed by atoms with E-state index in [0.717, 1.165) is 24.1 Å². The van der Waals surface area contributed by atoms with E-state index in [1.807, 2.05) is 0 Å². The Kier molecular flexibility index (Phi) is 3.52. The molecule has 1 aromatic rings. The third-order valence-electron chi connectivity index (χ3n) is 4.32. The number of rotatable bonds is 3. The summed E-state index contributed by atoms with van der Waals surface area (Å²) in [6.07, 6.45) is 1.35. The lowest BCUT2D eigenvalue weighted by Gasteiger charge is -2.24. The molecule has 2 fully saturated rings. The summed E-state index contributed by atoms with van der Waals surface area (Å²) in [6.45, 7) is 6.03. The Labute approximate surface area is 109 Å². The number of ether oxygens (including phenoxy) is 1. The van der Waals surface area contributed by atoms with Crippen molar-refractivity contribution in [3.8, 4) is 5.75 Å². The summed E-state index contributed by atoms with van der Waals surface area (Å²) in [6, 6.07) is 8.47. The van der Waals surface area contributed by atoms with Gasteiger partial charge in [0.05, 0.1) is 7.11 Å². The van der Waals surface area contributed by atoms with Crippen molar-refractivity contribution in [1.82, 2.24) is 10.2 Å². The second-order valence-corrected chi connectivity index (χ2v) is 5.56. The van der Waals surface area contributed by atoms with Crippen molar-refractivity contribution in [3.05, 3.63) is 29.8 Å². The highest BCUT2D eigenvalue weighted by molar-refractivity contribution is 5.27. The summed E-state index contributed by atoms with van der Waals surface area (Å²) in [5.74, 6) is 2.74. The van der Waals surface area contributed by atoms with Crippen LogP contribution in [0.4, 0.5) is 0 Å². The molecule has 1 aromatic carbocycles. The van der Waals surface area contributed by atoms with Crippen LogP contribution in [0.1, 0.15) is 12.0 Å². The van der Waals surface area contributed by atoms with Crippen LogP contribution in [0, 0.1) is 11.8 Å². The van der Waals surface area contributed by atoms with Gasteiger partial charge in [0.15, 0.2) is 0 Å². The Morgan fingerprint density at radius 1 is 1.22 bits per heavy atom. The Morgan fingerprint density at radius 3 is 2.72 bits per heavy atom. The lowest BCUT2D eigenvalue weighted by Crippen LogP contribution is -2.35. The van der Waals surface area contributed by atoms with Gasteiger partial charge in [-0.2, -0.15) is 0 Å². The van der Waals surface area contributed by atoms with Crippen LogP contribution in [0.5, 0.6) is 5.75 Å². The highest BCUT2D eigenvalue weighted by atomic mass is 16.5. The molecule has 2 aliphatic heterocycles. The van der Waals surface area contributed by atoms with Crippen molar-refractivity contribution in [2.75, 3.05) is 33.3 Å². The fourth-order valence-electron chi connectivity index (χ4n) is 3.29. The number of nitrogens with zero attached hydrogens (tertiary/aromatic N) is 1. The smallest absolute Gasteiger partial charge is 0.118 e. The van der Waals surface area contributed by atoms with Crippen molar-refractivity contribution in [2.24, 2.45) is 11.8 Å². The molecule has 0 radical (unpaired) electrons. The van der Waals surface area contributed by atoms with E-state index < -0.39 is 0 Å². The summed E-state index contributed by atoms with van der Waals surface area (Å²) in [5, 5.41) is 3.51. The molecule has 2 heterocycles. The van der Waals surface area contributed by atoms with Crippen LogP contribution in [0.25, 0.3) is 0 Å².